The van der Waals surface area contributed by atoms with Crippen LogP contribution in [0.15, 0.2) is 54.6 Å². The molecular weight excluding hydrogens is 411 g/mol. The van der Waals surface area contributed by atoms with E-state index in [4.69, 9.17) is 9.47 Å². The van der Waals surface area contributed by atoms with Gasteiger partial charge in [0.25, 0.3) is 0 Å². The highest BCUT2D eigenvalue weighted by atomic mass is 19.1. The van der Waals surface area contributed by atoms with Gasteiger partial charge in [0.1, 0.15) is 5.69 Å². The van der Waals surface area contributed by atoms with E-state index >= 15 is 0 Å². The summed E-state index contributed by atoms with van der Waals surface area (Å²) < 4.78 is 27.1. The summed E-state index contributed by atoms with van der Waals surface area (Å²) in [6.07, 6.45) is 0. The number of hydrogen-bond donors (Lipinski definition) is 1. The van der Waals surface area contributed by atoms with E-state index in [1.165, 1.54) is 6.07 Å². The number of para-hydroxylation sites is 1. The number of carbonyl (C=O) groups is 1. The molecule has 3 rings (SSSR count). The van der Waals surface area contributed by atoms with Crippen LogP contribution in [0, 0.1) is 5.82 Å². The minimum atomic E-state index is -0.477. The second kappa shape index (κ2) is 10.8. The van der Waals surface area contributed by atoms with Gasteiger partial charge >= 0.3 is 6.03 Å². The second-order valence-electron chi connectivity index (χ2n) is 7.67. The van der Waals surface area contributed by atoms with Crippen LogP contribution in [0.1, 0.15) is 19.4 Å². The molecule has 7 nitrogen and oxygen atoms in total. The van der Waals surface area contributed by atoms with Crippen LogP contribution in [0.4, 0.5) is 9.18 Å². The predicted octanol–water partition coefficient (Wildman–Crippen LogP) is 4.58. The van der Waals surface area contributed by atoms with Gasteiger partial charge < -0.3 is 19.7 Å². The first-order valence-electron chi connectivity index (χ1n) is 10.5. The Morgan fingerprint density at radius 2 is 1.84 bits per heavy atom. The zero-order valence-corrected chi connectivity index (χ0v) is 18.8. The van der Waals surface area contributed by atoms with Crippen LogP contribution in [0.3, 0.4) is 0 Å². The van der Waals surface area contributed by atoms with Crippen molar-refractivity contribution in [2.24, 2.45) is 7.05 Å². The summed E-state index contributed by atoms with van der Waals surface area (Å²) >= 11 is 0. The molecule has 0 radical (unpaired) electrons. The van der Waals surface area contributed by atoms with E-state index in [2.05, 4.69) is 10.4 Å². The number of halogens is 1. The molecule has 0 aliphatic carbocycles. The van der Waals surface area contributed by atoms with Gasteiger partial charge in [-0.15, -0.1) is 0 Å². The van der Waals surface area contributed by atoms with Crippen molar-refractivity contribution in [1.29, 1.82) is 0 Å². The minimum absolute atomic E-state index is 0.0239. The topological polar surface area (TPSA) is 68.6 Å². The molecule has 1 N–H and O–H groups in total. The van der Waals surface area contributed by atoms with Crippen molar-refractivity contribution in [3.8, 4) is 22.9 Å². The molecule has 2 aromatic carbocycles. The number of urea groups is 1. The van der Waals surface area contributed by atoms with E-state index in [9.17, 15) is 9.18 Å². The summed E-state index contributed by atoms with van der Waals surface area (Å²) in [7, 11) is 3.32. The van der Waals surface area contributed by atoms with Crippen LogP contribution in [0.2, 0.25) is 0 Å². The molecular formula is C24H29FN4O3. The van der Waals surface area contributed by atoms with Crippen molar-refractivity contribution in [3.63, 3.8) is 0 Å². The zero-order valence-electron chi connectivity index (χ0n) is 18.8. The van der Waals surface area contributed by atoms with Gasteiger partial charge in [0.15, 0.2) is 11.6 Å². The van der Waals surface area contributed by atoms with Gasteiger partial charge in [0, 0.05) is 32.3 Å². The molecule has 0 fully saturated rings. The van der Waals surface area contributed by atoms with Crippen LogP contribution >= 0.6 is 0 Å². The Kier molecular flexibility index (Phi) is 7.83. The maximum absolute atomic E-state index is 14.3. The number of carbonyl (C=O) groups excluding carboxylic acids is 1. The molecule has 1 aromatic heterocycles. The number of benzene rings is 2. The molecule has 0 unspecified atom stereocenters. The first-order valence-corrected chi connectivity index (χ1v) is 10.5. The Balaban J connectivity index is 2.05. The van der Waals surface area contributed by atoms with E-state index in [1.54, 1.807) is 41.9 Å². The predicted molar refractivity (Wildman–Crippen MR) is 121 cm³/mol. The third-order valence-corrected chi connectivity index (χ3v) is 4.79. The highest BCUT2D eigenvalue weighted by Gasteiger charge is 2.25. The summed E-state index contributed by atoms with van der Waals surface area (Å²) in [5, 5.41) is 7.56. The third kappa shape index (κ3) is 5.64. The van der Waals surface area contributed by atoms with E-state index in [0.29, 0.717) is 30.3 Å². The number of methoxy groups -OCH3 is 1. The number of amides is 2. The van der Waals surface area contributed by atoms with Crippen LogP contribution in [0.25, 0.3) is 11.3 Å². The number of ether oxygens (including phenoxy) is 2. The molecule has 0 aliphatic heterocycles. The summed E-state index contributed by atoms with van der Waals surface area (Å²) in [5.41, 5.74) is 2.22. The molecule has 2 amide bonds. The molecule has 3 aromatic rings. The van der Waals surface area contributed by atoms with Gasteiger partial charge in [0.05, 0.1) is 18.7 Å². The molecule has 170 valence electrons. The Morgan fingerprint density at radius 1 is 1.16 bits per heavy atom. The molecule has 0 aliphatic rings. The average molecular weight is 441 g/mol. The van der Waals surface area contributed by atoms with Gasteiger partial charge in [-0.25, -0.2) is 13.9 Å². The van der Waals surface area contributed by atoms with Crippen molar-refractivity contribution in [2.45, 2.75) is 26.4 Å². The maximum atomic E-state index is 14.3. The van der Waals surface area contributed by atoms with E-state index in [1.807, 2.05) is 44.2 Å². The van der Waals surface area contributed by atoms with E-state index < -0.39 is 5.82 Å². The van der Waals surface area contributed by atoms with Crippen LogP contribution in [0.5, 0.6) is 11.6 Å². The molecule has 0 saturated carbocycles. The van der Waals surface area contributed by atoms with E-state index in [0.717, 1.165) is 5.56 Å². The largest absolute Gasteiger partial charge is 0.436 e. The Bertz CT molecular complexity index is 1040. The van der Waals surface area contributed by atoms with Gasteiger partial charge in [0.2, 0.25) is 5.88 Å². The first kappa shape index (κ1) is 23.3. The Morgan fingerprint density at radius 3 is 2.50 bits per heavy atom. The minimum Gasteiger partial charge on any atom is -0.436 e. The van der Waals surface area contributed by atoms with E-state index in [-0.39, 0.29) is 24.4 Å². The number of aromatic nitrogens is 2. The number of rotatable bonds is 9. The number of nitrogens with zero attached hydrogens (tertiary/aromatic N) is 3. The fourth-order valence-corrected chi connectivity index (χ4v) is 3.27. The molecule has 0 saturated heterocycles. The van der Waals surface area contributed by atoms with Crippen LogP contribution < -0.4 is 10.1 Å². The van der Waals surface area contributed by atoms with Gasteiger partial charge in [-0.2, -0.15) is 5.10 Å². The molecule has 1 heterocycles. The summed E-state index contributed by atoms with van der Waals surface area (Å²) in [4.78, 5) is 14.5. The highest BCUT2D eigenvalue weighted by molar-refractivity contribution is 5.75. The van der Waals surface area contributed by atoms with Crippen LogP contribution in [-0.2, 0) is 18.3 Å². The molecule has 0 atom stereocenters. The highest BCUT2D eigenvalue weighted by Crippen LogP contribution is 2.34. The molecule has 8 heteroatoms. The summed E-state index contributed by atoms with van der Waals surface area (Å²) in [5.74, 6) is -0.0187. The maximum Gasteiger partial charge on any atom is 0.317 e. The van der Waals surface area contributed by atoms with Crippen molar-refractivity contribution in [2.75, 3.05) is 20.3 Å². The molecule has 0 spiro atoms. The molecule has 0 bridgehead atoms. The molecule has 32 heavy (non-hydrogen) atoms. The average Bonchev–Trinajstić information content (AvgIpc) is 3.07. The number of nitrogens with one attached hydrogen (secondary N) is 1. The number of hydrogen-bond acceptors (Lipinski definition) is 4. The van der Waals surface area contributed by atoms with Gasteiger partial charge in [-0.3, -0.25) is 0 Å². The lowest BCUT2D eigenvalue weighted by Gasteiger charge is -2.24. The Hall–Kier alpha value is -3.39. The summed E-state index contributed by atoms with van der Waals surface area (Å²) in [6, 6.07) is 15.6. The van der Waals surface area contributed by atoms with Gasteiger partial charge in [-0.05, 0) is 26.0 Å². The fraction of sp³-hybridized carbons (Fsp3) is 0.333. The third-order valence-electron chi connectivity index (χ3n) is 4.79. The smallest absolute Gasteiger partial charge is 0.317 e. The second-order valence-corrected chi connectivity index (χ2v) is 7.67. The van der Waals surface area contributed by atoms with Crippen molar-refractivity contribution < 1.29 is 18.7 Å². The quantitative estimate of drug-likeness (QED) is 0.529. The number of aryl methyl sites for hydroxylation is 1. The van der Waals surface area contributed by atoms with Crippen molar-refractivity contribution in [1.82, 2.24) is 20.0 Å². The van der Waals surface area contributed by atoms with Gasteiger partial charge in [-0.1, -0.05) is 42.5 Å². The van der Waals surface area contributed by atoms with Crippen LogP contribution in [-0.4, -0.2) is 47.0 Å². The first-order chi connectivity index (χ1) is 15.4. The zero-order chi connectivity index (χ0) is 23.1. The lowest BCUT2D eigenvalue weighted by molar-refractivity contribution is 0.145. The lowest BCUT2D eigenvalue weighted by Crippen LogP contribution is -2.44. The fourth-order valence-electron chi connectivity index (χ4n) is 3.27. The standard InChI is InChI=1S/C24H29FN4O3/c1-17(2)26-24(30)29(14-15-31-4)16-19-22(18-10-6-5-7-11-18)27-28(3)23(19)32-21-13-9-8-12-20(21)25/h5-13,17H,14-16H2,1-4H3,(H,26,30). The Labute approximate surface area is 187 Å². The SMILES string of the molecule is COCCN(Cc1c(-c2ccccc2)nn(C)c1Oc1ccccc1F)C(=O)NC(C)C. The monoisotopic (exact) mass is 440 g/mol. The van der Waals surface area contributed by atoms with Crippen molar-refractivity contribution in [3.05, 3.63) is 66.0 Å². The normalized spacial score (nSPS) is 10.9. The summed E-state index contributed by atoms with van der Waals surface area (Å²) in [6.45, 7) is 4.76. The lowest BCUT2D eigenvalue weighted by atomic mass is 10.1. The van der Waals surface area contributed by atoms with Crippen molar-refractivity contribution >= 4 is 6.03 Å².